The first kappa shape index (κ1) is 15.9. The molecule has 3 heterocycles. The number of guanidine groups is 1. The molecule has 122 valence electrons. The minimum absolute atomic E-state index is 0.666. The summed E-state index contributed by atoms with van der Waals surface area (Å²) in [6.07, 6.45) is 9.83. The Morgan fingerprint density at radius 1 is 1.43 bits per heavy atom. The molecule has 0 amide bonds. The fourth-order valence-corrected chi connectivity index (χ4v) is 3.80. The molecule has 0 aromatic carbocycles. The zero-order valence-electron chi connectivity index (χ0n) is 13.3. The first-order valence-corrected chi connectivity index (χ1v) is 8.90. The summed E-state index contributed by atoms with van der Waals surface area (Å²) in [4.78, 5) is 12.8. The fourth-order valence-electron chi connectivity index (χ4n) is 2.60. The average Bonchev–Trinajstić information content (AvgIpc) is 3.29. The van der Waals surface area contributed by atoms with Gasteiger partial charge in [-0.15, -0.1) is 0 Å². The van der Waals surface area contributed by atoms with Crippen LogP contribution < -0.4 is 10.6 Å². The Labute approximate surface area is 140 Å². The van der Waals surface area contributed by atoms with Gasteiger partial charge in [0.25, 0.3) is 0 Å². The molecule has 0 aliphatic carbocycles. The number of rotatable bonds is 5. The maximum absolute atomic E-state index is 4.45. The van der Waals surface area contributed by atoms with Crippen molar-refractivity contribution in [2.75, 3.05) is 19.3 Å². The molecule has 23 heavy (non-hydrogen) atoms. The van der Waals surface area contributed by atoms with Gasteiger partial charge in [-0.3, -0.25) is 9.56 Å². The van der Waals surface area contributed by atoms with Gasteiger partial charge < -0.3 is 10.6 Å². The molecule has 1 fully saturated rings. The van der Waals surface area contributed by atoms with Crippen LogP contribution in [0.5, 0.6) is 0 Å². The van der Waals surface area contributed by atoms with Crippen LogP contribution in [0.15, 0.2) is 42.0 Å². The molecule has 6 nitrogen and oxygen atoms in total. The fraction of sp³-hybridized carbons (Fsp3) is 0.438. The van der Waals surface area contributed by atoms with E-state index in [1.165, 1.54) is 18.6 Å². The highest BCUT2D eigenvalue weighted by Crippen LogP contribution is 2.25. The molecule has 1 aliphatic heterocycles. The van der Waals surface area contributed by atoms with Crippen molar-refractivity contribution in [3.05, 3.63) is 42.6 Å². The molecule has 1 unspecified atom stereocenters. The lowest BCUT2D eigenvalue weighted by molar-refractivity contribution is 0.724. The van der Waals surface area contributed by atoms with Crippen molar-refractivity contribution in [1.29, 1.82) is 0 Å². The summed E-state index contributed by atoms with van der Waals surface area (Å²) < 4.78 is 1.92. The van der Waals surface area contributed by atoms with E-state index in [2.05, 4.69) is 31.7 Å². The minimum atomic E-state index is 0.666. The third-order valence-corrected chi connectivity index (χ3v) is 5.21. The summed E-state index contributed by atoms with van der Waals surface area (Å²) in [5.41, 5.74) is 1.10. The van der Waals surface area contributed by atoms with Crippen molar-refractivity contribution in [1.82, 2.24) is 25.2 Å². The minimum Gasteiger partial charge on any atom is -0.355 e. The van der Waals surface area contributed by atoms with Gasteiger partial charge in [-0.1, -0.05) is 6.07 Å². The summed E-state index contributed by atoms with van der Waals surface area (Å²) in [5, 5.41) is 7.48. The molecule has 2 aromatic rings. The Kier molecular flexibility index (Phi) is 5.52. The second-order valence-electron chi connectivity index (χ2n) is 5.40. The number of aliphatic imine (C=N–C) groups is 1. The maximum atomic E-state index is 4.45. The zero-order chi connectivity index (χ0) is 15.9. The molecule has 0 radical (unpaired) electrons. The number of hydrogen-bond donors (Lipinski definition) is 2. The third-order valence-electron chi connectivity index (χ3n) is 3.81. The lowest BCUT2D eigenvalue weighted by Crippen LogP contribution is -2.39. The number of aromatic nitrogens is 3. The molecule has 1 saturated heterocycles. The molecule has 0 bridgehead atoms. The van der Waals surface area contributed by atoms with Crippen molar-refractivity contribution >= 4 is 17.7 Å². The topological polar surface area (TPSA) is 67.1 Å². The van der Waals surface area contributed by atoms with Crippen LogP contribution >= 0.6 is 11.8 Å². The molecule has 2 N–H and O–H groups in total. The monoisotopic (exact) mass is 330 g/mol. The Morgan fingerprint density at radius 3 is 3.13 bits per heavy atom. The van der Waals surface area contributed by atoms with Crippen LogP contribution in [0.2, 0.25) is 0 Å². The SMILES string of the molecule is CN=C(NCc1cccnc1-n1ccnc1)NCC1CCCS1. The Hall–Kier alpha value is -2.02. The maximum Gasteiger partial charge on any atom is 0.191 e. The number of hydrogen-bond acceptors (Lipinski definition) is 4. The van der Waals surface area contributed by atoms with E-state index in [4.69, 9.17) is 0 Å². The molecule has 3 rings (SSSR count). The summed E-state index contributed by atoms with van der Waals surface area (Å²) in [7, 11) is 1.80. The average molecular weight is 330 g/mol. The van der Waals surface area contributed by atoms with Crippen LogP contribution in [0, 0.1) is 0 Å². The van der Waals surface area contributed by atoms with E-state index < -0.39 is 0 Å². The van der Waals surface area contributed by atoms with E-state index >= 15 is 0 Å². The van der Waals surface area contributed by atoms with Crippen LogP contribution in [0.4, 0.5) is 0 Å². The third kappa shape index (κ3) is 4.25. The van der Waals surface area contributed by atoms with E-state index in [9.17, 15) is 0 Å². The number of pyridine rings is 1. The largest absolute Gasteiger partial charge is 0.355 e. The number of thioether (sulfide) groups is 1. The van der Waals surface area contributed by atoms with Crippen molar-refractivity contribution in [2.24, 2.45) is 4.99 Å². The smallest absolute Gasteiger partial charge is 0.191 e. The predicted molar refractivity (Wildman–Crippen MR) is 95.0 cm³/mol. The quantitative estimate of drug-likeness (QED) is 0.647. The predicted octanol–water partition coefficient (Wildman–Crippen LogP) is 1.83. The molecule has 2 aromatic heterocycles. The number of nitrogens with zero attached hydrogens (tertiary/aromatic N) is 4. The molecule has 1 atom stereocenters. The standard InChI is InChI=1S/C16H22N6S/c1-17-16(21-11-14-5-3-9-23-14)20-10-13-4-2-6-19-15(13)22-8-7-18-12-22/h2,4,6-8,12,14H,3,5,9-11H2,1H3,(H2,17,20,21). The van der Waals surface area contributed by atoms with Crippen LogP contribution in [-0.4, -0.2) is 45.1 Å². The zero-order valence-corrected chi connectivity index (χ0v) is 14.1. The van der Waals surface area contributed by atoms with Gasteiger partial charge in [-0.05, 0) is 24.7 Å². The first-order valence-electron chi connectivity index (χ1n) is 7.85. The van der Waals surface area contributed by atoms with E-state index in [1.54, 1.807) is 25.8 Å². The van der Waals surface area contributed by atoms with Crippen molar-refractivity contribution in [3.8, 4) is 5.82 Å². The van der Waals surface area contributed by atoms with Gasteiger partial charge >= 0.3 is 0 Å². The lowest BCUT2D eigenvalue weighted by Gasteiger charge is -2.16. The van der Waals surface area contributed by atoms with Gasteiger partial charge in [0.05, 0.1) is 0 Å². The van der Waals surface area contributed by atoms with Crippen LogP contribution in [0.1, 0.15) is 18.4 Å². The molecule has 0 saturated carbocycles. The number of imidazole rings is 1. The van der Waals surface area contributed by atoms with Gasteiger partial charge in [0, 0.05) is 49.5 Å². The highest BCUT2D eigenvalue weighted by molar-refractivity contribution is 8.00. The van der Waals surface area contributed by atoms with Gasteiger partial charge in [-0.2, -0.15) is 11.8 Å². The summed E-state index contributed by atoms with van der Waals surface area (Å²) in [6.45, 7) is 1.63. The van der Waals surface area contributed by atoms with Crippen molar-refractivity contribution in [2.45, 2.75) is 24.6 Å². The van der Waals surface area contributed by atoms with Gasteiger partial charge in [-0.25, -0.2) is 9.97 Å². The van der Waals surface area contributed by atoms with Crippen LogP contribution in [0.25, 0.3) is 5.82 Å². The number of nitrogens with one attached hydrogen (secondary N) is 2. The van der Waals surface area contributed by atoms with E-state index in [0.29, 0.717) is 11.8 Å². The molecular weight excluding hydrogens is 308 g/mol. The molecular formula is C16H22N6S. The Bertz CT molecular complexity index is 634. The highest BCUT2D eigenvalue weighted by atomic mass is 32.2. The lowest BCUT2D eigenvalue weighted by atomic mass is 10.2. The molecule has 0 spiro atoms. The summed E-state index contributed by atoms with van der Waals surface area (Å²) in [6, 6.07) is 4.01. The first-order chi connectivity index (χ1) is 11.4. The highest BCUT2D eigenvalue weighted by Gasteiger charge is 2.15. The van der Waals surface area contributed by atoms with Gasteiger partial charge in [0.2, 0.25) is 0 Å². The van der Waals surface area contributed by atoms with Crippen LogP contribution in [-0.2, 0) is 6.54 Å². The molecule has 1 aliphatic rings. The van der Waals surface area contributed by atoms with E-state index in [-0.39, 0.29) is 0 Å². The van der Waals surface area contributed by atoms with Crippen molar-refractivity contribution < 1.29 is 0 Å². The van der Waals surface area contributed by atoms with E-state index in [0.717, 1.165) is 23.9 Å². The summed E-state index contributed by atoms with van der Waals surface area (Å²) >= 11 is 2.04. The van der Waals surface area contributed by atoms with Crippen LogP contribution in [0.3, 0.4) is 0 Å². The second kappa shape index (κ2) is 8.01. The van der Waals surface area contributed by atoms with Crippen molar-refractivity contribution in [3.63, 3.8) is 0 Å². The van der Waals surface area contributed by atoms with Gasteiger partial charge in [0.1, 0.15) is 12.1 Å². The van der Waals surface area contributed by atoms with Gasteiger partial charge in [0.15, 0.2) is 5.96 Å². The van der Waals surface area contributed by atoms with E-state index in [1.807, 2.05) is 28.6 Å². The Balaban J connectivity index is 1.58. The molecule has 7 heteroatoms. The Morgan fingerprint density at radius 2 is 2.39 bits per heavy atom. The normalized spacial score (nSPS) is 18.1. The summed E-state index contributed by atoms with van der Waals surface area (Å²) in [5.74, 6) is 3.00. The second-order valence-corrected chi connectivity index (χ2v) is 6.81.